The van der Waals surface area contributed by atoms with Crippen LogP contribution in [0.25, 0.3) is 0 Å². The molecular weight excluding hydrogens is 459 g/mol. The zero-order valence-electron chi connectivity index (χ0n) is 17.4. The number of pyridine rings is 1. The number of halogens is 5. The van der Waals surface area contributed by atoms with E-state index in [1.807, 2.05) is 0 Å². The Hall–Kier alpha value is -4.02. The first-order chi connectivity index (χ1) is 16.2. The van der Waals surface area contributed by atoms with Crippen molar-refractivity contribution in [1.82, 2.24) is 9.99 Å². The first kappa shape index (κ1) is 23.1. The topological polar surface area (TPSA) is 66.8 Å². The normalized spacial score (nSPS) is 15.7. The Labute approximate surface area is 190 Å². The summed E-state index contributed by atoms with van der Waals surface area (Å²) in [6, 6.07) is 13.2. The van der Waals surface area contributed by atoms with Gasteiger partial charge in [0.05, 0.1) is 30.1 Å². The number of benzene rings is 2. The number of rotatable bonds is 6. The van der Waals surface area contributed by atoms with Crippen LogP contribution in [-0.4, -0.2) is 41.1 Å². The Morgan fingerprint density at radius 1 is 1.00 bits per heavy atom. The lowest BCUT2D eigenvalue weighted by Crippen LogP contribution is -2.29. The van der Waals surface area contributed by atoms with Gasteiger partial charge in [-0.05, 0) is 54.1 Å². The number of hydrogen-bond donors (Lipinski definition) is 1. The summed E-state index contributed by atoms with van der Waals surface area (Å²) in [6.07, 6.45) is -3.73. The van der Waals surface area contributed by atoms with Gasteiger partial charge in [0.2, 0.25) is 5.91 Å². The minimum absolute atomic E-state index is 0.164. The lowest BCUT2D eigenvalue weighted by Gasteiger charge is -2.16. The summed E-state index contributed by atoms with van der Waals surface area (Å²) in [5, 5.41) is 8.56. The predicted octanol–water partition coefficient (Wildman–Crippen LogP) is 4.70. The van der Waals surface area contributed by atoms with Crippen LogP contribution in [0, 0.1) is 11.6 Å². The zero-order chi connectivity index (χ0) is 24.3. The molecule has 0 aliphatic carbocycles. The fourth-order valence-corrected chi connectivity index (χ4v) is 3.47. The smallest absolute Gasteiger partial charge is 0.406 e. The van der Waals surface area contributed by atoms with Gasteiger partial charge in [0.15, 0.2) is 0 Å². The Balaban J connectivity index is 1.47. The van der Waals surface area contributed by atoms with Crippen LogP contribution in [0.15, 0.2) is 72.0 Å². The molecule has 0 saturated heterocycles. The number of aromatic nitrogens is 1. The van der Waals surface area contributed by atoms with E-state index in [0.717, 1.165) is 18.3 Å². The lowest BCUT2D eigenvalue weighted by atomic mass is 9.94. The van der Waals surface area contributed by atoms with E-state index in [1.165, 1.54) is 41.4 Å². The minimum atomic E-state index is -4.81. The fraction of sp³-hybridized carbons (Fsp3) is 0.174. The van der Waals surface area contributed by atoms with Crippen LogP contribution in [0.2, 0.25) is 0 Å². The second kappa shape index (κ2) is 9.46. The summed E-state index contributed by atoms with van der Waals surface area (Å²) in [5.74, 6) is -2.17. The molecule has 2 aromatic carbocycles. The number of ether oxygens (including phenoxy) is 1. The highest BCUT2D eigenvalue weighted by Gasteiger charge is 2.32. The highest BCUT2D eigenvalue weighted by Crippen LogP contribution is 2.28. The van der Waals surface area contributed by atoms with Crippen molar-refractivity contribution in [1.29, 1.82) is 0 Å². The number of hydrogen-bond acceptors (Lipinski definition) is 5. The van der Waals surface area contributed by atoms with Gasteiger partial charge in [0.1, 0.15) is 23.9 Å². The van der Waals surface area contributed by atoms with Crippen LogP contribution in [0.4, 0.5) is 27.6 Å². The van der Waals surface area contributed by atoms with Crippen molar-refractivity contribution in [2.45, 2.75) is 12.3 Å². The second-order valence-corrected chi connectivity index (χ2v) is 7.41. The van der Waals surface area contributed by atoms with E-state index >= 15 is 0 Å². The number of anilines is 1. The summed E-state index contributed by atoms with van der Waals surface area (Å²) in [4.78, 5) is 16.6. The van der Waals surface area contributed by atoms with Crippen LogP contribution in [0.1, 0.15) is 17.2 Å². The number of nitrogens with one attached hydrogen (secondary N) is 1. The molecular formula is C23H17F5N4O2. The number of amides is 1. The number of carbonyl (C=O) groups is 1. The summed E-state index contributed by atoms with van der Waals surface area (Å²) in [7, 11) is 0. The van der Waals surface area contributed by atoms with Gasteiger partial charge in [-0.3, -0.25) is 14.8 Å². The van der Waals surface area contributed by atoms with Crippen molar-refractivity contribution in [3.8, 4) is 5.75 Å². The molecule has 2 heterocycles. The number of nitrogens with zero attached hydrogens (tertiary/aromatic N) is 3. The quantitative estimate of drug-likeness (QED) is 0.524. The molecule has 1 aliphatic heterocycles. The van der Waals surface area contributed by atoms with Crippen LogP contribution < -0.4 is 10.1 Å². The zero-order valence-corrected chi connectivity index (χ0v) is 17.4. The Kier molecular flexibility index (Phi) is 6.44. The van der Waals surface area contributed by atoms with Gasteiger partial charge in [0.25, 0.3) is 0 Å². The largest absolute Gasteiger partial charge is 0.573 e. The molecule has 34 heavy (non-hydrogen) atoms. The van der Waals surface area contributed by atoms with E-state index < -0.39 is 35.6 Å². The SMILES string of the molecule is O=C(CN1CC(c2ccc(F)cn2)C(c2ccc(F)cc2)=N1)Nc1ccc(OC(F)(F)F)cc1. The van der Waals surface area contributed by atoms with Crippen LogP contribution in [0.5, 0.6) is 5.75 Å². The Morgan fingerprint density at radius 3 is 2.29 bits per heavy atom. The van der Waals surface area contributed by atoms with E-state index in [9.17, 15) is 26.7 Å². The predicted molar refractivity (Wildman–Crippen MR) is 113 cm³/mol. The first-order valence-corrected chi connectivity index (χ1v) is 10.0. The minimum Gasteiger partial charge on any atom is -0.406 e. The molecule has 0 fully saturated rings. The van der Waals surface area contributed by atoms with Gasteiger partial charge >= 0.3 is 6.36 Å². The van der Waals surface area contributed by atoms with Crippen molar-refractivity contribution in [3.63, 3.8) is 0 Å². The third kappa shape index (κ3) is 5.85. The van der Waals surface area contributed by atoms with Gasteiger partial charge in [-0.15, -0.1) is 13.2 Å². The third-order valence-corrected chi connectivity index (χ3v) is 4.92. The number of alkyl halides is 3. The fourth-order valence-electron chi connectivity index (χ4n) is 3.47. The summed E-state index contributed by atoms with van der Waals surface area (Å²) in [6.45, 7) is 0.0975. The number of hydrazone groups is 1. The van der Waals surface area contributed by atoms with E-state index in [1.54, 1.807) is 12.1 Å². The molecule has 1 atom stereocenters. The molecule has 0 spiro atoms. The molecule has 1 aromatic heterocycles. The average molecular weight is 476 g/mol. The maximum absolute atomic E-state index is 13.4. The van der Waals surface area contributed by atoms with E-state index in [-0.39, 0.29) is 18.8 Å². The molecule has 4 rings (SSSR count). The Bertz CT molecular complexity index is 1180. The van der Waals surface area contributed by atoms with E-state index in [4.69, 9.17) is 0 Å². The molecule has 0 saturated carbocycles. The van der Waals surface area contributed by atoms with Gasteiger partial charge in [-0.1, -0.05) is 12.1 Å². The third-order valence-electron chi connectivity index (χ3n) is 4.92. The van der Waals surface area contributed by atoms with Crippen molar-refractivity contribution in [3.05, 3.63) is 89.8 Å². The van der Waals surface area contributed by atoms with E-state index in [2.05, 4.69) is 20.1 Å². The van der Waals surface area contributed by atoms with Crippen LogP contribution in [-0.2, 0) is 4.79 Å². The van der Waals surface area contributed by atoms with Crippen molar-refractivity contribution >= 4 is 17.3 Å². The summed E-state index contributed by atoms with van der Waals surface area (Å²) >= 11 is 0. The highest BCUT2D eigenvalue weighted by atomic mass is 19.4. The van der Waals surface area contributed by atoms with Gasteiger partial charge in [-0.2, -0.15) is 5.10 Å². The van der Waals surface area contributed by atoms with Gasteiger partial charge in [-0.25, -0.2) is 8.78 Å². The average Bonchev–Trinajstić information content (AvgIpc) is 3.18. The van der Waals surface area contributed by atoms with Crippen LogP contribution in [0.3, 0.4) is 0 Å². The van der Waals surface area contributed by atoms with Gasteiger partial charge < -0.3 is 10.1 Å². The molecule has 1 amide bonds. The molecule has 3 aromatic rings. The van der Waals surface area contributed by atoms with Crippen LogP contribution >= 0.6 is 0 Å². The molecule has 1 N–H and O–H groups in total. The maximum atomic E-state index is 13.4. The summed E-state index contributed by atoms with van der Waals surface area (Å²) < 4.78 is 67.3. The standard InChI is InChI=1S/C23H17F5N4O2/c24-15-3-1-14(2-4-15)22-19(20-10-5-16(25)11-29-20)12-32(31-22)13-21(33)30-17-6-8-18(9-7-17)34-23(26,27)28/h1-11,19H,12-13H2,(H,30,33). The lowest BCUT2D eigenvalue weighted by molar-refractivity contribution is -0.274. The molecule has 6 nitrogen and oxygen atoms in total. The second-order valence-electron chi connectivity index (χ2n) is 7.41. The monoisotopic (exact) mass is 476 g/mol. The van der Waals surface area contributed by atoms with Crippen molar-refractivity contribution < 1.29 is 31.5 Å². The van der Waals surface area contributed by atoms with Crippen molar-refractivity contribution in [2.24, 2.45) is 5.10 Å². The molecule has 1 aliphatic rings. The molecule has 176 valence electrons. The Morgan fingerprint density at radius 2 is 1.68 bits per heavy atom. The maximum Gasteiger partial charge on any atom is 0.573 e. The molecule has 11 heteroatoms. The highest BCUT2D eigenvalue weighted by molar-refractivity contribution is 6.06. The van der Waals surface area contributed by atoms with Gasteiger partial charge in [0, 0.05) is 5.69 Å². The molecule has 0 bridgehead atoms. The van der Waals surface area contributed by atoms with Crippen molar-refractivity contribution in [2.75, 3.05) is 18.4 Å². The first-order valence-electron chi connectivity index (χ1n) is 10.0. The number of carbonyl (C=O) groups excluding carboxylic acids is 1. The summed E-state index contributed by atoms with van der Waals surface area (Å²) in [5.41, 5.74) is 1.98. The van der Waals surface area contributed by atoms with E-state index in [0.29, 0.717) is 17.0 Å². The molecule has 0 radical (unpaired) electrons. The molecule has 1 unspecified atom stereocenters.